The Hall–Kier alpha value is -2.06. The van der Waals surface area contributed by atoms with E-state index in [9.17, 15) is 0 Å². The normalized spacial score (nSPS) is 14.9. The Morgan fingerprint density at radius 2 is 2.00 bits per heavy atom. The van der Waals surface area contributed by atoms with Crippen molar-refractivity contribution in [2.24, 2.45) is 0 Å². The second-order valence-electron chi connectivity index (χ2n) is 6.76. The molecule has 1 aliphatic heterocycles. The van der Waals surface area contributed by atoms with E-state index in [-0.39, 0.29) is 0 Å². The predicted molar refractivity (Wildman–Crippen MR) is 121 cm³/mol. The second kappa shape index (κ2) is 9.43. The summed E-state index contributed by atoms with van der Waals surface area (Å²) in [7, 11) is 0. The number of benzene rings is 2. The molecule has 1 aliphatic rings. The summed E-state index contributed by atoms with van der Waals surface area (Å²) in [6, 6.07) is 16.5. The first-order chi connectivity index (χ1) is 13.8. The number of thiazole rings is 1. The monoisotopic (exact) mass is 412 g/mol. The average Bonchev–Trinajstić information content (AvgIpc) is 3.17. The molecular formula is C21H24N4OS2. The summed E-state index contributed by atoms with van der Waals surface area (Å²) in [5, 5.41) is 8.27. The molecule has 3 aromatic rings. The molecule has 7 heteroatoms. The van der Waals surface area contributed by atoms with Gasteiger partial charge < -0.3 is 15.4 Å². The molecule has 1 saturated heterocycles. The Labute approximate surface area is 174 Å². The molecule has 146 valence electrons. The molecule has 4 rings (SSSR count). The van der Waals surface area contributed by atoms with Gasteiger partial charge in [0.2, 0.25) is 0 Å². The zero-order chi connectivity index (χ0) is 19.2. The molecule has 0 saturated carbocycles. The summed E-state index contributed by atoms with van der Waals surface area (Å²) in [4.78, 5) is 7.17. The Kier molecular flexibility index (Phi) is 6.49. The lowest BCUT2D eigenvalue weighted by molar-refractivity contribution is 0.0376. The van der Waals surface area contributed by atoms with Crippen LogP contribution in [0.3, 0.4) is 0 Å². The van der Waals surface area contributed by atoms with Gasteiger partial charge in [-0.05, 0) is 49.4 Å². The molecule has 2 N–H and O–H groups in total. The van der Waals surface area contributed by atoms with Crippen molar-refractivity contribution in [2.75, 3.05) is 44.7 Å². The number of fused-ring (bicyclic) bond motifs is 1. The number of ether oxygens (including phenoxy) is 1. The number of hydrogen-bond acceptors (Lipinski definition) is 5. The third-order valence-corrected chi connectivity index (χ3v) is 6.03. The highest BCUT2D eigenvalue weighted by Crippen LogP contribution is 2.31. The maximum atomic E-state index is 5.45. The van der Waals surface area contributed by atoms with Crippen molar-refractivity contribution in [3.8, 4) is 10.6 Å². The highest BCUT2D eigenvalue weighted by Gasteiger charge is 2.10. The SMILES string of the molecule is S=C(NCCCN1CCOCC1)Nc1cccc(-c2nc3ccccc3s2)c1. The fourth-order valence-electron chi connectivity index (χ4n) is 3.23. The van der Waals surface area contributed by atoms with Crippen LogP contribution in [-0.4, -0.2) is 54.4 Å². The lowest BCUT2D eigenvalue weighted by Crippen LogP contribution is -2.38. The Bertz CT molecular complexity index is 904. The number of rotatable bonds is 6. The van der Waals surface area contributed by atoms with Crippen molar-refractivity contribution in [3.63, 3.8) is 0 Å². The van der Waals surface area contributed by atoms with Crippen LogP contribution < -0.4 is 10.6 Å². The number of anilines is 1. The Morgan fingerprint density at radius 1 is 1.14 bits per heavy atom. The standard InChI is InChI=1S/C21H24N4OS2/c27-21(22-9-4-10-25-11-13-26-14-12-25)23-17-6-3-5-16(15-17)20-24-18-7-1-2-8-19(18)28-20/h1-3,5-8,15H,4,9-14H2,(H2,22,23,27). The highest BCUT2D eigenvalue weighted by atomic mass is 32.1. The minimum absolute atomic E-state index is 0.656. The van der Waals surface area contributed by atoms with Crippen LogP contribution in [0.1, 0.15) is 6.42 Å². The van der Waals surface area contributed by atoms with Gasteiger partial charge in [0.1, 0.15) is 5.01 Å². The van der Waals surface area contributed by atoms with Crippen molar-refractivity contribution in [1.82, 2.24) is 15.2 Å². The second-order valence-corrected chi connectivity index (χ2v) is 8.19. The summed E-state index contributed by atoms with van der Waals surface area (Å²) >= 11 is 7.16. The first kappa shape index (κ1) is 19.3. The van der Waals surface area contributed by atoms with Crippen molar-refractivity contribution in [1.29, 1.82) is 0 Å². The lowest BCUT2D eigenvalue weighted by atomic mass is 10.2. The molecule has 2 heterocycles. The number of para-hydroxylation sites is 1. The molecule has 1 fully saturated rings. The van der Waals surface area contributed by atoms with Crippen LogP contribution in [0.25, 0.3) is 20.8 Å². The lowest BCUT2D eigenvalue weighted by Gasteiger charge is -2.26. The quantitative estimate of drug-likeness (QED) is 0.472. The predicted octanol–water partition coefficient (Wildman–Crippen LogP) is 3.97. The summed E-state index contributed by atoms with van der Waals surface area (Å²) < 4.78 is 6.58. The van der Waals surface area contributed by atoms with Gasteiger partial charge in [-0.1, -0.05) is 24.3 Å². The zero-order valence-corrected chi connectivity index (χ0v) is 17.3. The Morgan fingerprint density at radius 3 is 2.86 bits per heavy atom. The van der Waals surface area contributed by atoms with Crippen LogP contribution in [0.4, 0.5) is 5.69 Å². The average molecular weight is 413 g/mol. The first-order valence-electron chi connectivity index (χ1n) is 9.59. The first-order valence-corrected chi connectivity index (χ1v) is 10.8. The van der Waals surface area contributed by atoms with Crippen molar-refractivity contribution in [2.45, 2.75) is 6.42 Å². The number of morpholine rings is 1. The van der Waals surface area contributed by atoms with Crippen molar-refractivity contribution < 1.29 is 4.74 Å². The highest BCUT2D eigenvalue weighted by molar-refractivity contribution is 7.80. The third kappa shape index (κ3) is 5.05. The smallest absolute Gasteiger partial charge is 0.170 e. The maximum Gasteiger partial charge on any atom is 0.170 e. The van der Waals surface area contributed by atoms with Crippen LogP contribution in [-0.2, 0) is 4.74 Å². The molecule has 0 spiro atoms. The Balaban J connectivity index is 1.29. The van der Waals surface area contributed by atoms with Gasteiger partial charge in [-0.3, -0.25) is 4.90 Å². The molecule has 0 aliphatic carbocycles. The topological polar surface area (TPSA) is 49.4 Å². The number of nitrogens with one attached hydrogen (secondary N) is 2. The van der Waals surface area contributed by atoms with Crippen molar-refractivity contribution in [3.05, 3.63) is 48.5 Å². The minimum Gasteiger partial charge on any atom is -0.379 e. The largest absolute Gasteiger partial charge is 0.379 e. The summed E-state index contributed by atoms with van der Waals surface area (Å²) in [5.74, 6) is 0. The molecule has 0 bridgehead atoms. The molecule has 28 heavy (non-hydrogen) atoms. The number of nitrogens with zero attached hydrogens (tertiary/aromatic N) is 2. The van der Waals surface area contributed by atoms with E-state index in [0.29, 0.717) is 5.11 Å². The van der Waals surface area contributed by atoms with E-state index >= 15 is 0 Å². The third-order valence-electron chi connectivity index (χ3n) is 4.70. The zero-order valence-electron chi connectivity index (χ0n) is 15.7. The van der Waals surface area contributed by atoms with Crippen molar-refractivity contribution >= 4 is 44.6 Å². The molecule has 0 radical (unpaired) electrons. The van der Waals surface area contributed by atoms with E-state index in [1.165, 1.54) is 4.70 Å². The summed E-state index contributed by atoms with van der Waals surface area (Å²) in [6.45, 7) is 5.69. The van der Waals surface area contributed by atoms with E-state index in [0.717, 1.165) is 67.6 Å². The molecule has 0 unspecified atom stereocenters. The van der Waals surface area contributed by atoms with Gasteiger partial charge >= 0.3 is 0 Å². The van der Waals surface area contributed by atoms with Gasteiger partial charge in [0.05, 0.1) is 23.4 Å². The van der Waals surface area contributed by atoms with Crippen LogP contribution in [0, 0.1) is 0 Å². The molecule has 1 aromatic heterocycles. The van der Waals surface area contributed by atoms with Gasteiger partial charge in [-0.15, -0.1) is 11.3 Å². The molecule has 0 atom stereocenters. The number of thiocarbonyl (C=S) groups is 1. The minimum atomic E-state index is 0.656. The molecule has 5 nitrogen and oxygen atoms in total. The summed E-state index contributed by atoms with van der Waals surface area (Å²) in [5.41, 5.74) is 3.11. The van der Waals surface area contributed by atoms with Gasteiger partial charge in [0.15, 0.2) is 5.11 Å². The van der Waals surface area contributed by atoms with E-state index < -0.39 is 0 Å². The molecule has 2 aromatic carbocycles. The van der Waals surface area contributed by atoms with E-state index in [2.05, 4.69) is 33.7 Å². The number of aromatic nitrogens is 1. The van der Waals surface area contributed by atoms with Gasteiger partial charge in [-0.25, -0.2) is 4.98 Å². The fourth-order valence-corrected chi connectivity index (χ4v) is 4.41. The van der Waals surface area contributed by atoms with E-state index in [1.54, 1.807) is 11.3 Å². The van der Waals surface area contributed by atoms with Gasteiger partial charge in [0, 0.05) is 30.9 Å². The molecular weight excluding hydrogens is 388 g/mol. The van der Waals surface area contributed by atoms with Crippen LogP contribution in [0.5, 0.6) is 0 Å². The number of hydrogen-bond donors (Lipinski definition) is 2. The fraction of sp³-hybridized carbons (Fsp3) is 0.333. The van der Waals surface area contributed by atoms with Gasteiger partial charge in [0.25, 0.3) is 0 Å². The molecule has 0 amide bonds. The van der Waals surface area contributed by atoms with Crippen LogP contribution in [0.15, 0.2) is 48.5 Å². The summed E-state index contributed by atoms with van der Waals surface area (Å²) in [6.07, 6.45) is 1.06. The van der Waals surface area contributed by atoms with Crippen LogP contribution >= 0.6 is 23.6 Å². The van der Waals surface area contributed by atoms with E-state index in [4.69, 9.17) is 21.9 Å². The van der Waals surface area contributed by atoms with Crippen LogP contribution in [0.2, 0.25) is 0 Å². The van der Waals surface area contributed by atoms with E-state index in [1.807, 2.05) is 30.3 Å². The maximum absolute atomic E-state index is 5.45. The van der Waals surface area contributed by atoms with Gasteiger partial charge in [-0.2, -0.15) is 0 Å².